The molecule has 29 heavy (non-hydrogen) atoms. The first kappa shape index (κ1) is 21.5. The quantitative estimate of drug-likeness (QED) is 0.300. The number of aromatic nitrogens is 4. The van der Waals surface area contributed by atoms with Gasteiger partial charge in [0.2, 0.25) is 5.91 Å². The third-order valence-electron chi connectivity index (χ3n) is 4.52. The van der Waals surface area contributed by atoms with Crippen molar-refractivity contribution in [1.82, 2.24) is 24.2 Å². The summed E-state index contributed by atoms with van der Waals surface area (Å²) in [5, 5.41) is 19.2. The Kier molecular flexibility index (Phi) is 6.14. The lowest BCUT2D eigenvalue weighted by atomic mass is 10.2. The summed E-state index contributed by atoms with van der Waals surface area (Å²) in [6, 6.07) is -1.36. The van der Waals surface area contributed by atoms with Crippen LogP contribution in [0.15, 0.2) is 12.7 Å². The van der Waals surface area contributed by atoms with E-state index in [4.69, 9.17) is 25.8 Å². The van der Waals surface area contributed by atoms with Crippen LogP contribution in [0.25, 0.3) is 11.2 Å². The summed E-state index contributed by atoms with van der Waals surface area (Å²) in [6.07, 6.45) is 0.218. The molecule has 2 aromatic rings. The lowest BCUT2D eigenvalue weighted by Gasteiger charge is -2.26. The van der Waals surface area contributed by atoms with Gasteiger partial charge in [0, 0.05) is 13.5 Å². The number of nitrogens with zero attached hydrogens (tertiary/aromatic N) is 5. The normalized spacial score (nSPS) is 25.1. The molecule has 14 nitrogen and oxygen atoms in total. The number of hydrogen-bond donors (Lipinski definition) is 5. The number of rotatable bonds is 7. The van der Waals surface area contributed by atoms with Crippen LogP contribution in [0.4, 0.5) is 5.82 Å². The van der Waals surface area contributed by atoms with Crippen LogP contribution in [0.1, 0.15) is 12.6 Å². The summed E-state index contributed by atoms with van der Waals surface area (Å²) in [5.74, 6) is -0.770. The van der Waals surface area contributed by atoms with Gasteiger partial charge in [0.05, 0.1) is 25.6 Å². The van der Waals surface area contributed by atoms with Crippen molar-refractivity contribution in [2.24, 2.45) is 5.73 Å². The molecule has 2 aromatic heterocycles. The molecule has 1 aliphatic heterocycles. The molecule has 3 heterocycles. The van der Waals surface area contributed by atoms with Gasteiger partial charge in [-0.05, 0) is 0 Å². The molecule has 160 valence electrons. The lowest BCUT2D eigenvalue weighted by Crippen LogP contribution is -2.43. The van der Waals surface area contributed by atoms with Crippen LogP contribution in [0.3, 0.4) is 0 Å². The Morgan fingerprint density at radius 3 is 2.93 bits per heavy atom. The number of ether oxygens (including phenoxy) is 1. The highest BCUT2D eigenvalue weighted by molar-refractivity contribution is 7.51. The number of carbonyl (C=O) groups is 1. The van der Waals surface area contributed by atoms with Crippen molar-refractivity contribution in [3.8, 4) is 0 Å². The van der Waals surface area contributed by atoms with Gasteiger partial charge in [-0.1, -0.05) is 0 Å². The molecule has 0 aliphatic carbocycles. The average Bonchev–Trinajstić information content (AvgIpc) is 3.28. The summed E-state index contributed by atoms with van der Waals surface area (Å²) in [6.45, 7) is -1.16. The molecular formula is C14H22N7O7P. The van der Waals surface area contributed by atoms with Crippen molar-refractivity contribution in [2.75, 3.05) is 26.0 Å². The number of carbonyl (C=O) groups excluding carboxylic acids is 1. The van der Waals surface area contributed by atoms with Gasteiger partial charge >= 0.3 is 7.75 Å². The van der Waals surface area contributed by atoms with E-state index in [0.29, 0.717) is 15.8 Å². The number of amides is 1. The third-order valence-corrected chi connectivity index (χ3v) is 5.96. The molecule has 0 saturated carbocycles. The van der Waals surface area contributed by atoms with E-state index in [9.17, 15) is 19.4 Å². The van der Waals surface area contributed by atoms with Crippen LogP contribution in [0, 0.1) is 0 Å². The van der Waals surface area contributed by atoms with E-state index in [2.05, 4.69) is 15.0 Å². The summed E-state index contributed by atoms with van der Waals surface area (Å²) < 4.78 is 24.9. The van der Waals surface area contributed by atoms with Gasteiger partial charge in [-0.3, -0.25) is 18.6 Å². The molecule has 1 fully saturated rings. The zero-order valence-electron chi connectivity index (χ0n) is 15.4. The van der Waals surface area contributed by atoms with Crippen molar-refractivity contribution >= 4 is 30.6 Å². The van der Waals surface area contributed by atoms with E-state index < -0.39 is 51.3 Å². The summed E-state index contributed by atoms with van der Waals surface area (Å²) in [4.78, 5) is 33.9. The molecular weight excluding hydrogens is 409 g/mol. The highest BCUT2D eigenvalue weighted by Gasteiger charge is 2.40. The zero-order chi connectivity index (χ0) is 21.3. The van der Waals surface area contributed by atoms with E-state index in [1.165, 1.54) is 12.7 Å². The van der Waals surface area contributed by atoms with Gasteiger partial charge in [0.25, 0.3) is 0 Å². The second-order valence-corrected chi connectivity index (χ2v) is 8.29. The molecule has 7 N–H and O–H groups in total. The maximum atomic E-state index is 12.3. The second-order valence-electron chi connectivity index (χ2n) is 6.45. The summed E-state index contributed by atoms with van der Waals surface area (Å²) in [5.41, 5.74) is 11.9. The van der Waals surface area contributed by atoms with E-state index in [1.807, 2.05) is 0 Å². The fourth-order valence-corrected chi connectivity index (χ4v) is 3.73. The average molecular weight is 431 g/mol. The van der Waals surface area contributed by atoms with Crippen LogP contribution in [-0.4, -0.2) is 83.7 Å². The number of fused-ring (bicyclic) bond motifs is 1. The standard InChI is InChI=1S/C14H22N7O7P/c1-20(14(24)7(15)3-22)29(25,26)27-4-9-8(23)2-10(28-9)21-6-19-11-12(16)17-5-18-13(11)21/h5-10,22-23H,2-4,15H2,1H3,(H,25,26)(H2,16,17,18)/t7-,8-,9+,10+/m0/s1. The molecule has 15 heteroatoms. The Balaban J connectivity index is 1.66. The van der Waals surface area contributed by atoms with E-state index in [1.54, 1.807) is 4.57 Å². The molecule has 0 aromatic carbocycles. The van der Waals surface area contributed by atoms with Crippen molar-refractivity contribution < 1.29 is 33.7 Å². The molecule has 0 spiro atoms. The van der Waals surface area contributed by atoms with Crippen LogP contribution in [0.5, 0.6) is 0 Å². The van der Waals surface area contributed by atoms with Gasteiger partial charge in [-0.2, -0.15) is 0 Å². The van der Waals surface area contributed by atoms with Crippen molar-refractivity contribution in [1.29, 1.82) is 0 Å². The number of nitrogen functional groups attached to an aromatic ring is 1. The highest BCUT2D eigenvalue weighted by atomic mass is 31.2. The van der Waals surface area contributed by atoms with Crippen molar-refractivity contribution in [3.63, 3.8) is 0 Å². The van der Waals surface area contributed by atoms with Gasteiger partial charge in [0.15, 0.2) is 11.5 Å². The van der Waals surface area contributed by atoms with Crippen LogP contribution >= 0.6 is 7.75 Å². The Labute approximate surface area is 164 Å². The molecule has 1 amide bonds. The highest BCUT2D eigenvalue weighted by Crippen LogP contribution is 2.46. The Hall–Kier alpha value is -2.19. The largest absolute Gasteiger partial charge is 0.434 e. The molecule has 0 radical (unpaired) electrons. The predicted octanol–water partition coefficient (Wildman–Crippen LogP) is -2.05. The molecule has 5 atom stereocenters. The van der Waals surface area contributed by atoms with Crippen molar-refractivity contribution in [3.05, 3.63) is 12.7 Å². The summed E-state index contributed by atoms with van der Waals surface area (Å²) >= 11 is 0. The smallest absolute Gasteiger partial charge is 0.394 e. The molecule has 1 unspecified atom stereocenters. The number of aliphatic hydroxyl groups is 2. The molecule has 3 rings (SSSR count). The van der Waals surface area contributed by atoms with Gasteiger partial charge in [-0.25, -0.2) is 19.5 Å². The number of anilines is 1. The number of aliphatic hydroxyl groups excluding tert-OH is 2. The van der Waals surface area contributed by atoms with E-state index in [-0.39, 0.29) is 12.2 Å². The zero-order valence-corrected chi connectivity index (χ0v) is 16.3. The minimum Gasteiger partial charge on any atom is -0.394 e. The fourth-order valence-electron chi connectivity index (χ4n) is 2.82. The van der Waals surface area contributed by atoms with Gasteiger partial charge in [-0.15, -0.1) is 0 Å². The molecule has 0 bridgehead atoms. The van der Waals surface area contributed by atoms with Crippen LogP contribution in [0.2, 0.25) is 0 Å². The molecule has 1 aliphatic rings. The number of likely N-dealkylation sites (N-methyl/N-ethyl adjacent to an activating group) is 1. The first-order valence-electron chi connectivity index (χ1n) is 8.54. The number of nitrogens with two attached hydrogens (primary N) is 2. The van der Waals surface area contributed by atoms with Gasteiger partial charge < -0.3 is 31.3 Å². The fraction of sp³-hybridized carbons (Fsp3) is 0.571. The monoisotopic (exact) mass is 431 g/mol. The Morgan fingerprint density at radius 2 is 2.24 bits per heavy atom. The molecule has 1 saturated heterocycles. The minimum absolute atomic E-state index is 0.142. The Morgan fingerprint density at radius 1 is 1.52 bits per heavy atom. The second kappa shape index (κ2) is 8.28. The Bertz CT molecular complexity index is 940. The first-order valence-corrected chi connectivity index (χ1v) is 10.1. The maximum Gasteiger partial charge on any atom is 0.434 e. The van der Waals surface area contributed by atoms with Crippen LogP contribution < -0.4 is 11.5 Å². The maximum absolute atomic E-state index is 12.3. The van der Waals surface area contributed by atoms with Crippen LogP contribution in [-0.2, 0) is 18.6 Å². The van der Waals surface area contributed by atoms with E-state index in [0.717, 1.165) is 7.05 Å². The van der Waals surface area contributed by atoms with Crippen molar-refractivity contribution in [2.45, 2.75) is 30.9 Å². The van der Waals surface area contributed by atoms with Gasteiger partial charge in [0.1, 0.15) is 30.2 Å². The van der Waals surface area contributed by atoms with E-state index >= 15 is 0 Å². The number of imidazole rings is 1. The SMILES string of the molecule is CN(C(=O)[C@@H](N)CO)P(=O)(O)OC[C@H]1O[C@@H](n2cnc3c(N)ncnc32)C[C@@H]1O. The topological polar surface area (TPSA) is 212 Å². The predicted molar refractivity (Wildman–Crippen MR) is 97.9 cm³/mol. The third kappa shape index (κ3) is 4.23. The number of hydrogen-bond acceptors (Lipinski definition) is 11. The first-order chi connectivity index (χ1) is 13.7. The summed E-state index contributed by atoms with van der Waals surface area (Å²) in [7, 11) is -3.54. The lowest BCUT2D eigenvalue weighted by molar-refractivity contribution is -0.129. The minimum atomic E-state index is -4.57.